The van der Waals surface area contributed by atoms with Crippen LogP contribution in [-0.4, -0.2) is 22.3 Å². The minimum Gasteiger partial charge on any atom is -0.490 e. The second-order valence-electron chi connectivity index (χ2n) is 7.58. The van der Waals surface area contributed by atoms with Gasteiger partial charge in [0.25, 0.3) is 11.6 Å². The van der Waals surface area contributed by atoms with Gasteiger partial charge in [0.1, 0.15) is 12.4 Å². The Morgan fingerprint density at radius 1 is 1.28 bits per heavy atom. The van der Waals surface area contributed by atoms with Gasteiger partial charge in [-0.15, -0.1) is 0 Å². The quantitative estimate of drug-likeness (QED) is 0.836. The number of hydrogen-bond acceptors (Lipinski definition) is 4. The van der Waals surface area contributed by atoms with Gasteiger partial charge in [-0.2, -0.15) is 4.98 Å². The number of hydrogen-bond donors (Lipinski definition) is 0. The molecule has 3 rings (SSSR count). The van der Waals surface area contributed by atoms with Crippen LogP contribution < -0.4 is 15.0 Å². The molecule has 0 saturated carbocycles. The Balaban J connectivity index is 1.61. The van der Waals surface area contributed by atoms with Crippen LogP contribution in [0.5, 0.6) is 11.8 Å². The Kier molecular flexibility index (Phi) is 4.84. The van der Waals surface area contributed by atoms with Crippen molar-refractivity contribution in [3.8, 4) is 11.8 Å². The summed E-state index contributed by atoms with van der Waals surface area (Å²) >= 11 is 0. The molecular formula is C20H26N2O3. The Morgan fingerprint density at radius 3 is 2.64 bits per heavy atom. The van der Waals surface area contributed by atoms with Crippen molar-refractivity contribution in [2.45, 2.75) is 58.6 Å². The largest absolute Gasteiger partial charge is 0.490 e. The lowest BCUT2D eigenvalue weighted by Crippen LogP contribution is -2.23. The van der Waals surface area contributed by atoms with Crippen LogP contribution in [0.4, 0.5) is 0 Å². The first-order valence-electron chi connectivity index (χ1n) is 8.87. The number of aryl methyl sites for hydroxylation is 1. The van der Waals surface area contributed by atoms with E-state index in [9.17, 15) is 4.79 Å². The molecule has 0 N–H and O–H groups in total. The van der Waals surface area contributed by atoms with Gasteiger partial charge in [0.2, 0.25) is 0 Å². The molecule has 1 aromatic carbocycles. The van der Waals surface area contributed by atoms with Crippen molar-refractivity contribution in [2.75, 3.05) is 6.61 Å². The zero-order valence-corrected chi connectivity index (χ0v) is 15.4. The molecule has 0 spiro atoms. The van der Waals surface area contributed by atoms with E-state index in [0.29, 0.717) is 19.2 Å². The van der Waals surface area contributed by atoms with Crippen molar-refractivity contribution >= 4 is 0 Å². The smallest absolute Gasteiger partial charge is 0.300 e. The van der Waals surface area contributed by atoms with Crippen LogP contribution in [-0.2, 0) is 18.4 Å². The van der Waals surface area contributed by atoms with Crippen LogP contribution in [0, 0.1) is 0 Å². The van der Waals surface area contributed by atoms with Gasteiger partial charge >= 0.3 is 0 Å². The molecule has 0 fully saturated rings. The molecule has 1 aliphatic rings. The van der Waals surface area contributed by atoms with Crippen LogP contribution in [0.1, 0.15) is 45.2 Å². The van der Waals surface area contributed by atoms with Crippen LogP contribution in [0.3, 0.4) is 0 Å². The van der Waals surface area contributed by atoms with E-state index in [1.165, 1.54) is 5.56 Å². The molecule has 2 aromatic rings. The Labute approximate surface area is 148 Å². The van der Waals surface area contributed by atoms with Crippen molar-refractivity contribution in [1.29, 1.82) is 0 Å². The number of nitrogens with zero attached hydrogens (tertiary/aromatic N) is 2. The first-order chi connectivity index (χ1) is 11.9. The van der Waals surface area contributed by atoms with Crippen molar-refractivity contribution in [1.82, 2.24) is 9.55 Å². The molecule has 134 valence electrons. The van der Waals surface area contributed by atoms with Gasteiger partial charge in [0.15, 0.2) is 6.10 Å². The third-order valence-electron chi connectivity index (χ3n) is 4.38. The minimum absolute atomic E-state index is 0.128. The molecule has 5 heteroatoms. The normalized spacial score (nSPS) is 16.4. The predicted molar refractivity (Wildman–Crippen MR) is 97.5 cm³/mol. The Bertz CT molecular complexity index is 788. The van der Waals surface area contributed by atoms with E-state index in [2.05, 4.69) is 44.8 Å². The summed E-state index contributed by atoms with van der Waals surface area (Å²) in [6.45, 7) is 9.69. The van der Waals surface area contributed by atoms with Gasteiger partial charge in [-0.05, 0) is 29.5 Å². The number of aromatic nitrogens is 2. The molecular weight excluding hydrogens is 316 g/mol. The first kappa shape index (κ1) is 17.5. The van der Waals surface area contributed by atoms with Gasteiger partial charge in [0.05, 0.1) is 6.54 Å². The summed E-state index contributed by atoms with van der Waals surface area (Å²) in [6.07, 6.45) is 3.40. The Morgan fingerprint density at radius 2 is 2.00 bits per heavy atom. The van der Waals surface area contributed by atoms with E-state index in [4.69, 9.17) is 9.47 Å². The highest BCUT2D eigenvalue weighted by Gasteiger charge is 2.25. The lowest BCUT2D eigenvalue weighted by atomic mass is 9.87. The average molecular weight is 342 g/mol. The van der Waals surface area contributed by atoms with Crippen LogP contribution >= 0.6 is 0 Å². The van der Waals surface area contributed by atoms with E-state index in [1.54, 1.807) is 0 Å². The molecule has 1 aromatic heterocycles. The molecule has 0 radical (unpaired) electrons. The molecule has 1 atom stereocenters. The fourth-order valence-electron chi connectivity index (χ4n) is 2.92. The van der Waals surface area contributed by atoms with E-state index < -0.39 is 0 Å². The maximum atomic E-state index is 11.9. The summed E-state index contributed by atoms with van der Waals surface area (Å²) < 4.78 is 13.5. The molecule has 0 amide bonds. The van der Waals surface area contributed by atoms with Crippen LogP contribution in [0.15, 0.2) is 35.3 Å². The maximum Gasteiger partial charge on any atom is 0.300 e. The van der Waals surface area contributed by atoms with Crippen LogP contribution in [0.2, 0.25) is 0 Å². The fraction of sp³-hybridized carbons (Fsp3) is 0.500. The highest BCUT2D eigenvalue weighted by Crippen LogP contribution is 2.25. The van der Waals surface area contributed by atoms with Crippen molar-refractivity contribution in [3.63, 3.8) is 0 Å². The lowest BCUT2D eigenvalue weighted by molar-refractivity contribution is 0.143. The van der Waals surface area contributed by atoms with Gasteiger partial charge < -0.3 is 9.47 Å². The van der Waals surface area contributed by atoms with Crippen molar-refractivity contribution in [3.05, 3.63) is 51.9 Å². The zero-order chi connectivity index (χ0) is 18.0. The molecule has 2 heterocycles. The van der Waals surface area contributed by atoms with Gasteiger partial charge in [-0.3, -0.25) is 9.36 Å². The Hall–Kier alpha value is -2.30. The van der Waals surface area contributed by atoms with Gasteiger partial charge in [-0.25, -0.2) is 0 Å². The number of fused-ring (bicyclic) bond motifs is 1. The summed E-state index contributed by atoms with van der Waals surface area (Å²) in [5.74, 6) is 0.821. The fourth-order valence-corrected chi connectivity index (χ4v) is 2.92. The molecule has 0 bridgehead atoms. The molecule has 5 nitrogen and oxygen atoms in total. The van der Waals surface area contributed by atoms with E-state index in [1.807, 2.05) is 22.9 Å². The monoisotopic (exact) mass is 342 g/mol. The summed E-state index contributed by atoms with van der Waals surface area (Å²) in [6, 6.07) is 8.56. The third-order valence-corrected chi connectivity index (χ3v) is 4.38. The van der Waals surface area contributed by atoms with E-state index in [-0.39, 0.29) is 17.1 Å². The standard InChI is InChI=1S/C20H26N2O3/c1-5-6-14-11-22-12-17(25-19(22)21-18(14)23)13-24-16-9-7-15(8-10-16)20(2,3)4/h7-11,17H,5-6,12-13H2,1-4H3. The predicted octanol–water partition coefficient (Wildman–Crippen LogP) is 3.33. The highest BCUT2D eigenvalue weighted by atomic mass is 16.6. The molecule has 0 aliphatic carbocycles. The van der Waals surface area contributed by atoms with Gasteiger partial charge in [-0.1, -0.05) is 46.2 Å². The SMILES string of the molecule is CCCc1cn2c(nc1=O)OC(COc1ccc(C(C)(C)C)cc1)C2. The van der Waals surface area contributed by atoms with Crippen molar-refractivity contribution in [2.24, 2.45) is 0 Å². The minimum atomic E-state index is -0.188. The maximum absolute atomic E-state index is 11.9. The molecule has 25 heavy (non-hydrogen) atoms. The topological polar surface area (TPSA) is 53.4 Å². The zero-order valence-electron chi connectivity index (χ0n) is 15.4. The number of ether oxygens (including phenoxy) is 2. The summed E-state index contributed by atoms with van der Waals surface area (Å²) in [5.41, 5.74) is 1.96. The van der Waals surface area contributed by atoms with Crippen LogP contribution in [0.25, 0.3) is 0 Å². The second-order valence-corrected chi connectivity index (χ2v) is 7.58. The third kappa shape index (κ3) is 4.03. The first-order valence-corrected chi connectivity index (χ1v) is 8.87. The average Bonchev–Trinajstić information content (AvgIpc) is 2.95. The molecule has 0 saturated heterocycles. The highest BCUT2D eigenvalue weighted by molar-refractivity contribution is 5.31. The molecule has 1 unspecified atom stereocenters. The van der Waals surface area contributed by atoms with E-state index in [0.717, 1.165) is 24.2 Å². The van der Waals surface area contributed by atoms with E-state index >= 15 is 0 Å². The summed E-state index contributed by atoms with van der Waals surface area (Å²) in [5, 5.41) is 0. The second kappa shape index (κ2) is 6.90. The van der Waals surface area contributed by atoms with Gasteiger partial charge in [0, 0.05) is 11.8 Å². The number of benzene rings is 1. The number of rotatable bonds is 5. The summed E-state index contributed by atoms with van der Waals surface area (Å²) in [4.78, 5) is 16.0. The van der Waals surface area contributed by atoms with Crippen molar-refractivity contribution < 1.29 is 9.47 Å². The molecule has 1 aliphatic heterocycles. The lowest BCUT2D eigenvalue weighted by Gasteiger charge is -2.19. The summed E-state index contributed by atoms with van der Waals surface area (Å²) in [7, 11) is 0.